The molecule has 0 spiro atoms. The minimum absolute atomic E-state index is 0.0594. The number of ether oxygens (including phenoxy) is 6. The zero-order valence-electron chi connectivity index (χ0n) is 24.0. The van der Waals surface area contributed by atoms with Gasteiger partial charge in [-0.05, 0) is 39.8 Å². The lowest BCUT2D eigenvalue weighted by Crippen LogP contribution is -2.63. The zero-order chi connectivity index (χ0) is 31.0. The molecule has 14 nitrogen and oxygen atoms in total. The predicted octanol–water partition coefficient (Wildman–Crippen LogP) is 1.76. The van der Waals surface area contributed by atoms with Gasteiger partial charge in [0.1, 0.15) is 11.7 Å². The number of rotatable bonds is 11. The third kappa shape index (κ3) is 11.3. The van der Waals surface area contributed by atoms with E-state index in [4.69, 9.17) is 32.6 Å². The summed E-state index contributed by atoms with van der Waals surface area (Å²) in [5.74, 6) is -2.43. The van der Waals surface area contributed by atoms with Crippen LogP contribution in [0.3, 0.4) is 0 Å². The van der Waals surface area contributed by atoms with Crippen molar-refractivity contribution in [1.29, 1.82) is 0 Å². The largest absolute Gasteiger partial charge is 0.456 e. The van der Waals surface area contributed by atoms with Gasteiger partial charge in [0.15, 0.2) is 24.6 Å². The Morgan fingerprint density at radius 2 is 1.41 bits per heavy atom. The molecule has 1 saturated heterocycles. The summed E-state index contributed by atoms with van der Waals surface area (Å²) in [5, 5.41) is 2.48. The van der Waals surface area contributed by atoms with Crippen LogP contribution in [0.4, 0.5) is 4.79 Å². The summed E-state index contributed by atoms with van der Waals surface area (Å²) in [5.41, 5.74) is 0.101. The summed E-state index contributed by atoms with van der Waals surface area (Å²) in [7, 11) is -4.28. The quantitative estimate of drug-likeness (QED) is 0.167. The molecule has 1 aromatic rings. The number of hydrogen-bond acceptors (Lipinski definition) is 13. The van der Waals surface area contributed by atoms with Gasteiger partial charge in [0.05, 0.1) is 18.1 Å². The van der Waals surface area contributed by atoms with Gasteiger partial charge in [0.25, 0.3) is 10.1 Å². The number of aryl methyl sites for hydroxylation is 1. The molecule has 0 unspecified atom stereocenters. The van der Waals surface area contributed by atoms with Crippen molar-refractivity contribution >= 4 is 34.1 Å². The zero-order valence-corrected chi connectivity index (χ0v) is 24.8. The molecule has 2 rings (SSSR count). The first kappa shape index (κ1) is 33.9. The Labute approximate surface area is 239 Å². The van der Waals surface area contributed by atoms with Crippen LogP contribution >= 0.6 is 0 Å². The van der Waals surface area contributed by atoms with E-state index >= 15 is 0 Å². The van der Waals surface area contributed by atoms with E-state index in [1.54, 1.807) is 39.8 Å². The van der Waals surface area contributed by atoms with Gasteiger partial charge in [-0.1, -0.05) is 17.7 Å². The smallest absolute Gasteiger partial charge is 0.407 e. The number of esters is 3. The number of alkyl carbamates (subject to hydrolysis) is 1. The SMILES string of the molecule is CC(=O)O[C@H]1[C@@H](OC(C)=O)[C@@H](COS(=O)(=O)c2ccc(C)cc2)O[C@@H](OCCNC(=O)OC(C)(C)C)[C@@H]1OC(C)=O. The number of hydrogen-bond donors (Lipinski definition) is 1. The van der Waals surface area contributed by atoms with E-state index in [-0.39, 0.29) is 18.0 Å². The van der Waals surface area contributed by atoms with Crippen LogP contribution in [-0.2, 0) is 57.1 Å². The van der Waals surface area contributed by atoms with E-state index in [1.807, 2.05) is 0 Å². The molecule has 0 aromatic heterocycles. The number of carbonyl (C=O) groups excluding carboxylic acids is 4. The van der Waals surface area contributed by atoms with Crippen LogP contribution in [0.2, 0.25) is 0 Å². The van der Waals surface area contributed by atoms with Crippen LogP contribution in [0.25, 0.3) is 0 Å². The van der Waals surface area contributed by atoms with Crippen molar-refractivity contribution in [3.8, 4) is 0 Å². The second kappa shape index (κ2) is 14.6. The first-order valence-corrected chi connectivity index (χ1v) is 14.1. The number of carbonyl (C=O) groups is 4. The van der Waals surface area contributed by atoms with Crippen molar-refractivity contribution in [1.82, 2.24) is 5.32 Å². The first-order valence-electron chi connectivity index (χ1n) is 12.7. The summed E-state index contributed by atoms with van der Waals surface area (Å²) in [6.45, 7) is 9.18. The molecule has 15 heteroatoms. The summed E-state index contributed by atoms with van der Waals surface area (Å²) in [6.07, 6.45) is -7.87. The van der Waals surface area contributed by atoms with Gasteiger partial charge in [-0.3, -0.25) is 18.6 Å². The lowest BCUT2D eigenvalue weighted by Gasteiger charge is -2.44. The fourth-order valence-corrected chi connectivity index (χ4v) is 4.61. The maximum atomic E-state index is 12.8. The molecule has 1 heterocycles. The Hall–Kier alpha value is -3.27. The van der Waals surface area contributed by atoms with Gasteiger partial charge in [0.2, 0.25) is 0 Å². The maximum absolute atomic E-state index is 12.8. The second-order valence-electron chi connectivity index (χ2n) is 10.1. The minimum atomic E-state index is -4.28. The van der Waals surface area contributed by atoms with Crippen LogP contribution in [0.15, 0.2) is 29.2 Å². The molecule has 1 fully saturated rings. The third-order valence-electron chi connectivity index (χ3n) is 5.25. The normalized spacial score (nSPS) is 22.8. The predicted molar refractivity (Wildman–Crippen MR) is 140 cm³/mol. The molecule has 1 aliphatic heterocycles. The Morgan fingerprint density at radius 1 is 0.878 bits per heavy atom. The monoisotopic (exact) mass is 603 g/mol. The third-order valence-corrected chi connectivity index (χ3v) is 6.54. The number of amides is 1. The van der Waals surface area contributed by atoms with Gasteiger partial charge in [-0.15, -0.1) is 0 Å². The van der Waals surface area contributed by atoms with Crippen molar-refractivity contribution in [2.45, 2.75) is 89.7 Å². The Balaban J connectivity index is 2.30. The lowest BCUT2D eigenvalue weighted by atomic mass is 9.98. The van der Waals surface area contributed by atoms with Crippen LogP contribution in [0.1, 0.15) is 47.1 Å². The fourth-order valence-electron chi connectivity index (χ4n) is 3.70. The maximum Gasteiger partial charge on any atom is 0.407 e. The van der Waals surface area contributed by atoms with Crippen LogP contribution in [0, 0.1) is 6.92 Å². The van der Waals surface area contributed by atoms with E-state index in [0.29, 0.717) is 0 Å². The highest BCUT2D eigenvalue weighted by Gasteiger charge is 2.52. The van der Waals surface area contributed by atoms with E-state index in [9.17, 15) is 27.6 Å². The molecule has 5 atom stereocenters. The summed E-state index contributed by atoms with van der Waals surface area (Å²) in [4.78, 5) is 47.7. The van der Waals surface area contributed by atoms with E-state index in [0.717, 1.165) is 26.3 Å². The van der Waals surface area contributed by atoms with E-state index < -0.39 is 77.0 Å². The average Bonchev–Trinajstić information content (AvgIpc) is 2.82. The highest BCUT2D eigenvalue weighted by atomic mass is 32.2. The van der Waals surface area contributed by atoms with Gasteiger partial charge in [0, 0.05) is 27.3 Å². The van der Waals surface area contributed by atoms with Crippen molar-refractivity contribution in [2.75, 3.05) is 19.8 Å². The van der Waals surface area contributed by atoms with E-state index in [2.05, 4.69) is 5.32 Å². The van der Waals surface area contributed by atoms with Crippen LogP contribution in [0.5, 0.6) is 0 Å². The lowest BCUT2D eigenvalue weighted by molar-refractivity contribution is -0.306. The molecule has 41 heavy (non-hydrogen) atoms. The molecule has 0 aliphatic carbocycles. The van der Waals surface area contributed by atoms with Crippen molar-refractivity contribution in [2.24, 2.45) is 0 Å². The summed E-state index contributed by atoms with van der Waals surface area (Å²) in [6, 6.07) is 5.89. The molecule has 0 saturated carbocycles. The minimum Gasteiger partial charge on any atom is -0.456 e. The summed E-state index contributed by atoms with van der Waals surface area (Å²) >= 11 is 0. The molecule has 0 bridgehead atoms. The molecule has 1 N–H and O–H groups in total. The second-order valence-corrected chi connectivity index (χ2v) is 11.7. The topological polar surface area (TPSA) is 179 Å². The fraction of sp³-hybridized carbons (Fsp3) is 0.615. The highest BCUT2D eigenvalue weighted by Crippen LogP contribution is 2.30. The van der Waals surface area contributed by atoms with Gasteiger partial charge < -0.3 is 33.7 Å². The van der Waals surface area contributed by atoms with Gasteiger partial charge in [-0.2, -0.15) is 8.42 Å². The summed E-state index contributed by atoms with van der Waals surface area (Å²) < 4.78 is 63.6. The average molecular weight is 604 g/mol. The standard InChI is InChI=1S/C26H37NO13S/c1-15-8-10-19(11-9-15)41(32,33)35-14-20-21(36-16(2)28)22(37-17(3)29)23(38-18(4)30)24(39-20)34-13-12-27-25(31)40-26(5,6)7/h8-11,20-24H,12-14H2,1-7H3,(H,27,31)/t20-,21+,22+,23-,24-/m1/s1. The van der Waals surface area contributed by atoms with Crippen LogP contribution in [-0.4, -0.2) is 88.5 Å². The Morgan fingerprint density at radius 3 is 1.95 bits per heavy atom. The molecule has 230 valence electrons. The molecular weight excluding hydrogens is 566 g/mol. The molecular formula is C26H37NO13S. The first-order chi connectivity index (χ1) is 19.0. The number of nitrogens with one attached hydrogen (secondary N) is 1. The highest BCUT2D eigenvalue weighted by molar-refractivity contribution is 7.86. The Kier molecular flexibility index (Phi) is 12.1. The van der Waals surface area contributed by atoms with Gasteiger partial charge in [-0.25, -0.2) is 4.79 Å². The molecule has 0 radical (unpaired) electrons. The van der Waals surface area contributed by atoms with Crippen LogP contribution < -0.4 is 5.32 Å². The van der Waals surface area contributed by atoms with Crippen molar-refractivity contribution < 1.29 is 60.2 Å². The molecule has 1 amide bonds. The molecule has 1 aliphatic rings. The van der Waals surface area contributed by atoms with E-state index in [1.165, 1.54) is 12.1 Å². The molecule has 1 aromatic carbocycles. The number of benzene rings is 1. The van der Waals surface area contributed by atoms with Crippen molar-refractivity contribution in [3.05, 3.63) is 29.8 Å². The van der Waals surface area contributed by atoms with Crippen molar-refractivity contribution in [3.63, 3.8) is 0 Å². The Bertz CT molecular complexity index is 1180. The van der Waals surface area contributed by atoms with Gasteiger partial charge >= 0.3 is 24.0 Å².